The first-order valence-electron chi connectivity index (χ1n) is 3.68. The van der Waals surface area contributed by atoms with Gasteiger partial charge in [-0.1, -0.05) is 24.0 Å². The molecule has 0 fully saturated rings. The van der Waals surface area contributed by atoms with E-state index in [2.05, 4.69) is 0 Å². The summed E-state index contributed by atoms with van der Waals surface area (Å²) >= 11 is 0. The Bertz CT molecular complexity index is 307. The van der Waals surface area contributed by atoms with Crippen LogP contribution < -0.4 is 0 Å². The Morgan fingerprint density at radius 1 is 1.58 bits per heavy atom. The lowest BCUT2D eigenvalue weighted by atomic mass is 9.94. The molecular weight excluding hydrogens is 151 g/mol. The molecule has 1 N–H and O–H groups in total. The van der Waals surface area contributed by atoms with Crippen molar-refractivity contribution in [3.8, 4) is 0 Å². The molecule has 0 bridgehead atoms. The molecule has 60 valence electrons. The van der Waals surface area contributed by atoms with Crippen molar-refractivity contribution >= 4 is 13.8 Å². The second kappa shape index (κ2) is 3.43. The van der Waals surface area contributed by atoms with Crippen molar-refractivity contribution in [2.24, 2.45) is 0 Å². The summed E-state index contributed by atoms with van der Waals surface area (Å²) in [7, 11) is 5.40. The number of carboxylic acid groups (broad SMARTS) is 1. The van der Waals surface area contributed by atoms with E-state index in [-0.39, 0.29) is 0 Å². The first kappa shape index (κ1) is 8.85. The van der Waals surface area contributed by atoms with Crippen LogP contribution in [0.15, 0.2) is 18.2 Å². The second-order valence-corrected chi connectivity index (χ2v) is 2.66. The van der Waals surface area contributed by atoms with Gasteiger partial charge in [0.15, 0.2) is 0 Å². The molecule has 0 aliphatic rings. The van der Waals surface area contributed by atoms with E-state index in [1.807, 2.05) is 0 Å². The van der Waals surface area contributed by atoms with Crippen LogP contribution in [0.3, 0.4) is 0 Å². The fraction of sp³-hybridized carbons (Fsp3) is 0.222. The highest BCUT2D eigenvalue weighted by Crippen LogP contribution is 2.10. The first-order valence-corrected chi connectivity index (χ1v) is 3.68. The maximum Gasteiger partial charge on any atom is 0.335 e. The van der Waals surface area contributed by atoms with Gasteiger partial charge in [-0.15, -0.1) is 0 Å². The molecule has 1 aromatic carbocycles. The van der Waals surface area contributed by atoms with Gasteiger partial charge in [0.25, 0.3) is 0 Å². The average Bonchev–Trinajstić information content (AvgIpc) is 2.03. The molecule has 2 radical (unpaired) electrons. The minimum Gasteiger partial charge on any atom is -0.478 e. The van der Waals surface area contributed by atoms with Crippen LogP contribution in [-0.2, 0) is 6.32 Å². The van der Waals surface area contributed by atoms with Gasteiger partial charge in [0.1, 0.15) is 0 Å². The van der Waals surface area contributed by atoms with E-state index in [0.717, 1.165) is 11.1 Å². The molecule has 0 saturated carbocycles. The summed E-state index contributed by atoms with van der Waals surface area (Å²) in [6.07, 6.45) is 0.445. The molecule has 12 heavy (non-hydrogen) atoms. The quantitative estimate of drug-likeness (QED) is 0.663. The van der Waals surface area contributed by atoms with Gasteiger partial charge in [-0.05, 0) is 18.6 Å². The molecule has 1 rings (SSSR count). The molecule has 0 atom stereocenters. The lowest BCUT2D eigenvalue weighted by molar-refractivity contribution is 0.0696. The number of carboxylic acids is 1. The van der Waals surface area contributed by atoms with Crippen LogP contribution in [-0.4, -0.2) is 18.9 Å². The molecule has 0 saturated heterocycles. The Balaban J connectivity index is 3.12. The van der Waals surface area contributed by atoms with Gasteiger partial charge in [0.2, 0.25) is 0 Å². The Morgan fingerprint density at radius 2 is 2.25 bits per heavy atom. The SMILES string of the molecule is [B]Cc1ccc(C(=O)O)c(C)c1. The standard InChI is InChI=1S/C9H9BO2/c1-6-4-7(5-10)2-3-8(6)9(11)12/h2-4H,5H2,1H3,(H,11,12). The number of aryl methyl sites for hydroxylation is 1. The average molecular weight is 160 g/mol. The van der Waals surface area contributed by atoms with Crippen LogP contribution in [0.1, 0.15) is 21.5 Å². The fourth-order valence-corrected chi connectivity index (χ4v) is 1.09. The molecule has 0 aliphatic heterocycles. The number of rotatable bonds is 2. The monoisotopic (exact) mass is 160 g/mol. The van der Waals surface area contributed by atoms with Crippen molar-refractivity contribution in [1.82, 2.24) is 0 Å². The van der Waals surface area contributed by atoms with Gasteiger partial charge in [0.05, 0.1) is 13.4 Å². The van der Waals surface area contributed by atoms with Crippen LogP contribution in [0.2, 0.25) is 0 Å². The van der Waals surface area contributed by atoms with Gasteiger partial charge >= 0.3 is 5.97 Å². The zero-order valence-corrected chi connectivity index (χ0v) is 6.87. The third-order valence-electron chi connectivity index (χ3n) is 1.76. The largest absolute Gasteiger partial charge is 0.478 e. The highest BCUT2D eigenvalue weighted by atomic mass is 16.4. The van der Waals surface area contributed by atoms with E-state index < -0.39 is 5.97 Å². The minimum atomic E-state index is -0.893. The van der Waals surface area contributed by atoms with Crippen molar-refractivity contribution in [3.63, 3.8) is 0 Å². The zero-order chi connectivity index (χ0) is 9.14. The number of hydrogen-bond acceptors (Lipinski definition) is 1. The van der Waals surface area contributed by atoms with Gasteiger partial charge in [-0.3, -0.25) is 0 Å². The summed E-state index contributed by atoms with van der Waals surface area (Å²) in [4.78, 5) is 10.6. The molecule has 0 unspecified atom stereocenters. The number of aromatic carboxylic acids is 1. The van der Waals surface area contributed by atoms with Gasteiger partial charge in [-0.25, -0.2) is 4.79 Å². The minimum absolute atomic E-state index is 0.340. The third kappa shape index (κ3) is 1.67. The maximum atomic E-state index is 10.6. The first-order chi connectivity index (χ1) is 5.65. The van der Waals surface area contributed by atoms with Crippen molar-refractivity contribution < 1.29 is 9.90 Å². The van der Waals surface area contributed by atoms with Gasteiger partial charge in [0, 0.05) is 0 Å². The van der Waals surface area contributed by atoms with Crippen molar-refractivity contribution in [1.29, 1.82) is 0 Å². The van der Waals surface area contributed by atoms with Crippen molar-refractivity contribution in [2.45, 2.75) is 13.2 Å². The highest BCUT2D eigenvalue weighted by molar-refractivity contribution is 6.08. The summed E-state index contributed by atoms with van der Waals surface area (Å²) in [5, 5.41) is 8.70. The lowest BCUT2D eigenvalue weighted by Gasteiger charge is -2.02. The predicted molar refractivity (Wildman–Crippen MR) is 47.6 cm³/mol. The summed E-state index contributed by atoms with van der Waals surface area (Å²) in [6.45, 7) is 1.77. The molecule has 1 aromatic rings. The molecule has 0 heterocycles. The van der Waals surface area contributed by atoms with E-state index >= 15 is 0 Å². The Hall–Kier alpha value is -1.25. The van der Waals surface area contributed by atoms with Crippen LogP contribution in [0, 0.1) is 6.92 Å². The number of carbonyl (C=O) groups is 1. The lowest BCUT2D eigenvalue weighted by Crippen LogP contribution is -2.00. The Kier molecular flexibility index (Phi) is 2.53. The molecule has 3 heteroatoms. The van der Waals surface area contributed by atoms with E-state index in [1.54, 1.807) is 25.1 Å². The smallest absolute Gasteiger partial charge is 0.335 e. The second-order valence-electron chi connectivity index (χ2n) is 2.66. The van der Waals surface area contributed by atoms with E-state index in [9.17, 15) is 4.79 Å². The van der Waals surface area contributed by atoms with Gasteiger partial charge in [-0.2, -0.15) is 0 Å². The number of hydrogen-bond donors (Lipinski definition) is 1. The van der Waals surface area contributed by atoms with Crippen LogP contribution >= 0.6 is 0 Å². The maximum absolute atomic E-state index is 10.6. The van der Waals surface area contributed by atoms with Crippen LogP contribution in [0.25, 0.3) is 0 Å². The summed E-state index contributed by atoms with van der Waals surface area (Å²) in [5.41, 5.74) is 2.05. The molecule has 0 spiro atoms. The Labute approximate surface area is 72.6 Å². The van der Waals surface area contributed by atoms with Crippen LogP contribution in [0.5, 0.6) is 0 Å². The van der Waals surface area contributed by atoms with E-state index in [4.69, 9.17) is 13.0 Å². The summed E-state index contributed by atoms with van der Waals surface area (Å²) in [6, 6.07) is 5.11. The topological polar surface area (TPSA) is 37.3 Å². The van der Waals surface area contributed by atoms with Gasteiger partial charge < -0.3 is 5.11 Å². The summed E-state index contributed by atoms with van der Waals surface area (Å²) in [5.74, 6) is -0.893. The molecule has 0 aliphatic carbocycles. The predicted octanol–water partition coefficient (Wildman–Crippen LogP) is 1.36. The van der Waals surface area contributed by atoms with Crippen molar-refractivity contribution in [2.75, 3.05) is 0 Å². The normalized spacial score (nSPS) is 9.75. The van der Waals surface area contributed by atoms with E-state index in [0.29, 0.717) is 11.9 Å². The summed E-state index contributed by atoms with van der Waals surface area (Å²) < 4.78 is 0. The zero-order valence-electron chi connectivity index (χ0n) is 6.87. The molecule has 2 nitrogen and oxygen atoms in total. The van der Waals surface area contributed by atoms with Crippen LogP contribution in [0.4, 0.5) is 0 Å². The third-order valence-corrected chi connectivity index (χ3v) is 1.76. The molecular formula is C9H9BO2. The van der Waals surface area contributed by atoms with Crippen molar-refractivity contribution in [3.05, 3.63) is 34.9 Å². The fourth-order valence-electron chi connectivity index (χ4n) is 1.09. The number of benzene rings is 1. The Morgan fingerprint density at radius 3 is 2.67 bits per heavy atom. The molecule has 0 amide bonds. The molecule has 0 aromatic heterocycles. The highest BCUT2D eigenvalue weighted by Gasteiger charge is 2.05. The van der Waals surface area contributed by atoms with E-state index in [1.165, 1.54) is 0 Å².